The van der Waals surface area contributed by atoms with Crippen molar-refractivity contribution in [1.29, 1.82) is 0 Å². The average molecular weight is 309 g/mol. The van der Waals surface area contributed by atoms with Crippen LogP contribution in [0.25, 0.3) is 17.0 Å². The fraction of sp³-hybridized carbons (Fsp3) is 0.214. The number of halogens is 1. The molecule has 0 aliphatic carbocycles. The highest BCUT2D eigenvalue weighted by atomic mass is 79.9. The lowest BCUT2D eigenvalue weighted by Gasteiger charge is -2.05. The second kappa shape index (κ2) is 4.98. The predicted octanol–water partition coefficient (Wildman–Crippen LogP) is 3.87. The standard InChI is InChI=1S/C14H13BrO3/c1-8(17-3)6-11-9(2)18-13-5-4-10(15)7-12(13)14(11)16/h4-7H,1-3H3/b8-6+. The quantitative estimate of drug-likeness (QED) is 0.791. The van der Waals surface area contributed by atoms with E-state index in [1.165, 1.54) is 0 Å². The molecule has 0 radical (unpaired) electrons. The van der Waals surface area contributed by atoms with Crippen LogP contribution in [0, 0.1) is 6.92 Å². The molecule has 0 unspecified atom stereocenters. The summed E-state index contributed by atoms with van der Waals surface area (Å²) in [5.74, 6) is 1.26. The third kappa shape index (κ3) is 2.34. The number of hydrogen-bond donors (Lipinski definition) is 0. The van der Waals surface area contributed by atoms with E-state index in [0.29, 0.717) is 28.1 Å². The monoisotopic (exact) mass is 308 g/mol. The zero-order chi connectivity index (χ0) is 13.3. The zero-order valence-electron chi connectivity index (χ0n) is 10.4. The summed E-state index contributed by atoms with van der Waals surface area (Å²) < 4.78 is 11.6. The minimum atomic E-state index is -0.0496. The number of hydrogen-bond acceptors (Lipinski definition) is 3. The first kappa shape index (κ1) is 12.9. The van der Waals surface area contributed by atoms with Gasteiger partial charge in [0.2, 0.25) is 0 Å². The van der Waals surface area contributed by atoms with Crippen LogP contribution < -0.4 is 5.43 Å². The molecular formula is C14H13BrO3. The summed E-state index contributed by atoms with van der Waals surface area (Å²) in [5, 5.41) is 0.560. The Hall–Kier alpha value is -1.55. The Labute approximate surface area is 113 Å². The molecule has 3 nitrogen and oxygen atoms in total. The molecule has 94 valence electrons. The van der Waals surface area contributed by atoms with Gasteiger partial charge in [0.15, 0.2) is 5.43 Å². The first-order valence-electron chi connectivity index (χ1n) is 5.48. The molecule has 0 saturated carbocycles. The van der Waals surface area contributed by atoms with Crippen molar-refractivity contribution in [2.45, 2.75) is 13.8 Å². The van der Waals surface area contributed by atoms with Gasteiger partial charge in [-0.3, -0.25) is 4.79 Å². The number of rotatable bonds is 2. The fourth-order valence-corrected chi connectivity index (χ4v) is 2.08. The van der Waals surface area contributed by atoms with E-state index in [2.05, 4.69) is 15.9 Å². The highest BCUT2D eigenvalue weighted by Gasteiger charge is 2.10. The van der Waals surface area contributed by atoms with E-state index >= 15 is 0 Å². The Bertz CT molecular complexity index is 683. The van der Waals surface area contributed by atoms with Crippen LogP contribution >= 0.6 is 15.9 Å². The van der Waals surface area contributed by atoms with Crippen molar-refractivity contribution in [1.82, 2.24) is 0 Å². The van der Waals surface area contributed by atoms with Gasteiger partial charge in [0.1, 0.15) is 11.3 Å². The van der Waals surface area contributed by atoms with Gasteiger partial charge in [-0.15, -0.1) is 0 Å². The zero-order valence-corrected chi connectivity index (χ0v) is 12.0. The van der Waals surface area contributed by atoms with Gasteiger partial charge < -0.3 is 9.15 Å². The molecule has 0 aliphatic rings. The summed E-state index contributed by atoms with van der Waals surface area (Å²) in [6.45, 7) is 3.57. The SMILES string of the molecule is CO/C(C)=C/c1c(C)oc2ccc(Br)cc2c1=O. The molecule has 4 heteroatoms. The number of aryl methyl sites for hydroxylation is 1. The van der Waals surface area contributed by atoms with Crippen molar-refractivity contribution in [2.75, 3.05) is 7.11 Å². The maximum Gasteiger partial charge on any atom is 0.200 e. The normalized spacial score (nSPS) is 11.9. The average Bonchev–Trinajstić information content (AvgIpc) is 2.35. The molecule has 0 fully saturated rings. The summed E-state index contributed by atoms with van der Waals surface area (Å²) in [6, 6.07) is 5.39. The van der Waals surface area contributed by atoms with Gasteiger partial charge in [-0.2, -0.15) is 0 Å². The molecule has 0 spiro atoms. The Morgan fingerprint density at radius 3 is 2.83 bits per heavy atom. The highest BCUT2D eigenvalue weighted by Crippen LogP contribution is 2.20. The molecule has 0 atom stereocenters. The maximum atomic E-state index is 12.4. The van der Waals surface area contributed by atoms with Crippen LogP contribution in [0.4, 0.5) is 0 Å². The van der Waals surface area contributed by atoms with Gasteiger partial charge in [0.05, 0.1) is 23.8 Å². The van der Waals surface area contributed by atoms with Crippen LogP contribution in [0.15, 0.2) is 37.6 Å². The van der Waals surface area contributed by atoms with E-state index in [1.807, 2.05) is 6.07 Å². The van der Waals surface area contributed by atoms with E-state index in [-0.39, 0.29) is 5.43 Å². The molecule has 18 heavy (non-hydrogen) atoms. The first-order valence-corrected chi connectivity index (χ1v) is 6.27. The molecule has 0 aliphatic heterocycles. The van der Waals surface area contributed by atoms with Crippen molar-refractivity contribution in [3.8, 4) is 0 Å². The van der Waals surface area contributed by atoms with Gasteiger partial charge in [-0.05, 0) is 38.1 Å². The Morgan fingerprint density at radius 1 is 1.44 bits per heavy atom. The molecule has 0 N–H and O–H groups in total. The number of methoxy groups -OCH3 is 1. The summed E-state index contributed by atoms with van der Waals surface area (Å²) in [6.07, 6.45) is 1.70. The van der Waals surface area contributed by atoms with Crippen molar-refractivity contribution < 1.29 is 9.15 Å². The minimum Gasteiger partial charge on any atom is -0.501 e. The largest absolute Gasteiger partial charge is 0.501 e. The van der Waals surface area contributed by atoms with Crippen LogP contribution in [0.5, 0.6) is 0 Å². The van der Waals surface area contributed by atoms with E-state index in [1.54, 1.807) is 39.2 Å². The van der Waals surface area contributed by atoms with Crippen LogP contribution in [-0.4, -0.2) is 7.11 Å². The molecule has 0 amide bonds. The summed E-state index contributed by atoms with van der Waals surface area (Å²) in [7, 11) is 1.57. The third-order valence-electron chi connectivity index (χ3n) is 2.74. The first-order chi connectivity index (χ1) is 8.52. The molecule has 1 aromatic heterocycles. The molecular weight excluding hydrogens is 296 g/mol. The van der Waals surface area contributed by atoms with Gasteiger partial charge in [-0.1, -0.05) is 15.9 Å². The summed E-state index contributed by atoms with van der Waals surface area (Å²) in [4.78, 5) is 12.4. The Morgan fingerprint density at radius 2 is 2.17 bits per heavy atom. The number of allylic oxidation sites excluding steroid dienone is 1. The second-order valence-electron chi connectivity index (χ2n) is 4.00. The maximum absolute atomic E-state index is 12.4. The Balaban J connectivity index is 2.79. The minimum absolute atomic E-state index is 0.0496. The molecule has 0 saturated heterocycles. The van der Waals surface area contributed by atoms with Crippen molar-refractivity contribution >= 4 is 33.0 Å². The lowest BCUT2D eigenvalue weighted by molar-refractivity contribution is 0.297. The highest BCUT2D eigenvalue weighted by molar-refractivity contribution is 9.10. The van der Waals surface area contributed by atoms with Crippen LogP contribution in [0.3, 0.4) is 0 Å². The molecule has 2 aromatic rings. The third-order valence-corrected chi connectivity index (χ3v) is 3.24. The fourth-order valence-electron chi connectivity index (χ4n) is 1.72. The summed E-state index contributed by atoms with van der Waals surface area (Å²) in [5.41, 5.74) is 1.07. The lowest BCUT2D eigenvalue weighted by Crippen LogP contribution is -2.08. The van der Waals surface area contributed by atoms with E-state index in [4.69, 9.17) is 9.15 Å². The van der Waals surface area contributed by atoms with Crippen LogP contribution in [0.2, 0.25) is 0 Å². The van der Waals surface area contributed by atoms with Gasteiger partial charge in [-0.25, -0.2) is 0 Å². The smallest absolute Gasteiger partial charge is 0.200 e. The predicted molar refractivity (Wildman–Crippen MR) is 75.6 cm³/mol. The van der Waals surface area contributed by atoms with Gasteiger partial charge in [0.25, 0.3) is 0 Å². The van der Waals surface area contributed by atoms with Gasteiger partial charge in [0, 0.05) is 4.47 Å². The molecule has 2 rings (SSSR count). The van der Waals surface area contributed by atoms with E-state index < -0.39 is 0 Å². The molecule has 0 bridgehead atoms. The van der Waals surface area contributed by atoms with Crippen LogP contribution in [-0.2, 0) is 4.74 Å². The van der Waals surface area contributed by atoms with E-state index in [9.17, 15) is 4.79 Å². The molecule has 1 heterocycles. The van der Waals surface area contributed by atoms with Crippen LogP contribution in [0.1, 0.15) is 18.2 Å². The van der Waals surface area contributed by atoms with Crippen molar-refractivity contribution in [2.24, 2.45) is 0 Å². The van der Waals surface area contributed by atoms with E-state index in [0.717, 1.165) is 4.47 Å². The number of benzene rings is 1. The van der Waals surface area contributed by atoms with Crippen molar-refractivity contribution in [3.63, 3.8) is 0 Å². The Kier molecular flexibility index (Phi) is 3.57. The molecule has 1 aromatic carbocycles. The second-order valence-corrected chi connectivity index (χ2v) is 4.92. The van der Waals surface area contributed by atoms with Gasteiger partial charge >= 0.3 is 0 Å². The lowest BCUT2D eigenvalue weighted by atomic mass is 10.1. The summed E-state index contributed by atoms with van der Waals surface area (Å²) >= 11 is 3.35. The van der Waals surface area contributed by atoms with Crippen molar-refractivity contribution in [3.05, 3.63) is 50.0 Å². The number of fused-ring (bicyclic) bond motifs is 1. The number of ether oxygens (including phenoxy) is 1. The topological polar surface area (TPSA) is 39.4 Å².